The molecule has 0 aliphatic carbocycles. The summed E-state index contributed by atoms with van der Waals surface area (Å²) in [5, 5.41) is 2.48. The first-order valence-corrected chi connectivity index (χ1v) is 11.0. The van der Waals surface area contributed by atoms with Gasteiger partial charge in [-0.05, 0) is 42.4 Å². The van der Waals surface area contributed by atoms with Gasteiger partial charge in [0.1, 0.15) is 5.75 Å². The Hall–Kier alpha value is -2.72. The average molecular weight is 404 g/mol. The molecule has 0 bridgehead atoms. The number of carbonyl (C=O) groups is 1. The summed E-state index contributed by atoms with van der Waals surface area (Å²) in [5.74, 6) is 1.35. The largest absolute Gasteiger partial charge is 0.425 e. The Morgan fingerprint density at radius 3 is 2.52 bits per heavy atom. The lowest BCUT2D eigenvalue weighted by molar-refractivity contribution is -0.132. The van der Waals surface area contributed by atoms with Gasteiger partial charge in [-0.3, -0.25) is 4.79 Å². The number of hydrogen-bond donors (Lipinski definition) is 0. The van der Waals surface area contributed by atoms with Crippen molar-refractivity contribution in [2.24, 2.45) is 0 Å². The highest BCUT2D eigenvalue weighted by Crippen LogP contribution is 2.43. The van der Waals surface area contributed by atoms with E-state index in [1.165, 1.54) is 28.8 Å². The third kappa shape index (κ3) is 3.77. The van der Waals surface area contributed by atoms with Crippen molar-refractivity contribution in [2.75, 3.05) is 5.75 Å². The molecule has 4 rings (SSSR count). The number of esters is 1. The van der Waals surface area contributed by atoms with Gasteiger partial charge in [-0.15, -0.1) is 11.8 Å². The van der Waals surface area contributed by atoms with E-state index < -0.39 is 0 Å². The van der Waals surface area contributed by atoms with Crippen LogP contribution in [0.5, 0.6) is 5.75 Å². The van der Waals surface area contributed by atoms with E-state index in [-0.39, 0.29) is 5.97 Å². The standard InChI is InChI=1S/C25H25NO2S/c1-4-14-29-25-22(28-18(3)27)15-17(2)23-20-12-8-9-13-21(20)26(24(23)25)16-19-10-6-5-7-11-19/h5-13,15H,4,14,16H2,1-3H3. The van der Waals surface area contributed by atoms with Crippen LogP contribution in [-0.2, 0) is 11.3 Å². The van der Waals surface area contributed by atoms with Crippen LogP contribution in [-0.4, -0.2) is 16.3 Å². The summed E-state index contributed by atoms with van der Waals surface area (Å²) in [5.41, 5.74) is 4.73. The Labute approximate surface area is 175 Å². The highest BCUT2D eigenvalue weighted by atomic mass is 32.2. The van der Waals surface area contributed by atoms with Crippen molar-refractivity contribution in [1.29, 1.82) is 0 Å². The molecule has 4 heteroatoms. The number of para-hydroxylation sites is 1. The van der Waals surface area contributed by atoms with Gasteiger partial charge in [0.25, 0.3) is 0 Å². The average Bonchev–Trinajstić information content (AvgIpc) is 3.03. The molecular weight excluding hydrogens is 378 g/mol. The number of aromatic nitrogens is 1. The van der Waals surface area contributed by atoms with Crippen LogP contribution in [0.2, 0.25) is 0 Å². The molecule has 29 heavy (non-hydrogen) atoms. The summed E-state index contributed by atoms with van der Waals surface area (Å²) in [7, 11) is 0. The highest BCUT2D eigenvalue weighted by molar-refractivity contribution is 7.99. The topological polar surface area (TPSA) is 31.2 Å². The fraction of sp³-hybridized carbons (Fsp3) is 0.240. The number of benzene rings is 3. The van der Waals surface area contributed by atoms with E-state index in [0.29, 0.717) is 5.75 Å². The van der Waals surface area contributed by atoms with Crippen LogP contribution in [0.4, 0.5) is 0 Å². The first-order valence-electron chi connectivity index (χ1n) is 9.99. The molecule has 4 aromatic rings. The van der Waals surface area contributed by atoms with Crippen LogP contribution >= 0.6 is 11.8 Å². The first-order chi connectivity index (χ1) is 14.1. The second-order valence-corrected chi connectivity index (χ2v) is 8.38. The molecule has 148 valence electrons. The molecule has 0 amide bonds. The smallest absolute Gasteiger partial charge is 0.308 e. The number of aryl methyl sites for hydroxylation is 1. The fourth-order valence-electron chi connectivity index (χ4n) is 3.89. The molecule has 0 aliphatic rings. The van der Waals surface area contributed by atoms with Gasteiger partial charge in [-0.25, -0.2) is 0 Å². The molecule has 0 atom stereocenters. The van der Waals surface area contributed by atoms with Crippen molar-refractivity contribution in [1.82, 2.24) is 4.57 Å². The minimum Gasteiger partial charge on any atom is -0.425 e. The molecule has 1 heterocycles. The van der Waals surface area contributed by atoms with Crippen LogP contribution in [0.15, 0.2) is 65.6 Å². The van der Waals surface area contributed by atoms with Gasteiger partial charge in [0, 0.05) is 29.8 Å². The van der Waals surface area contributed by atoms with Gasteiger partial charge in [-0.2, -0.15) is 0 Å². The maximum Gasteiger partial charge on any atom is 0.308 e. The van der Waals surface area contributed by atoms with Crippen LogP contribution in [0.3, 0.4) is 0 Å². The van der Waals surface area contributed by atoms with Gasteiger partial charge in [-0.1, -0.05) is 55.5 Å². The van der Waals surface area contributed by atoms with Gasteiger partial charge in [0.15, 0.2) is 0 Å². The van der Waals surface area contributed by atoms with Gasteiger partial charge in [0.05, 0.1) is 10.4 Å². The van der Waals surface area contributed by atoms with Crippen LogP contribution in [0, 0.1) is 6.92 Å². The Bertz CT molecular complexity index is 1180. The lowest BCUT2D eigenvalue weighted by Crippen LogP contribution is -2.05. The molecule has 3 nitrogen and oxygen atoms in total. The van der Waals surface area contributed by atoms with Crippen molar-refractivity contribution in [3.05, 3.63) is 71.8 Å². The second kappa shape index (κ2) is 8.34. The van der Waals surface area contributed by atoms with Crippen LogP contribution in [0.25, 0.3) is 21.8 Å². The maximum absolute atomic E-state index is 11.8. The van der Waals surface area contributed by atoms with Crippen molar-refractivity contribution in [2.45, 2.75) is 38.6 Å². The summed E-state index contributed by atoms with van der Waals surface area (Å²) >= 11 is 1.77. The molecule has 0 unspecified atom stereocenters. The van der Waals surface area contributed by atoms with E-state index >= 15 is 0 Å². The van der Waals surface area contributed by atoms with E-state index in [1.807, 2.05) is 12.1 Å². The zero-order valence-corrected chi connectivity index (χ0v) is 17.9. The molecule has 0 N–H and O–H groups in total. The minimum absolute atomic E-state index is 0.284. The second-order valence-electron chi connectivity index (χ2n) is 7.28. The molecule has 0 saturated heterocycles. The van der Waals surface area contributed by atoms with Crippen molar-refractivity contribution < 1.29 is 9.53 Å². The summed E-state index contributed by atoms with van der Waals surface area (Å²) in [6, 6.07) is 21.1. The van der Waals surface area contributed by atoms with E-state index in [4.69, 9.17) is 4.74 Å². The quantitative estimate of drug-likeness (QED) is 0.207. The van der Waals surface area contributed by atoms with Crippen molar-refractivity contribution >= 4 is 39.5 Å². The Kier molecular flexibility index (Phi) is 5.63. The van der Waals surface area contributed by atoms with Gasteiger partial charge in [0.2, 0.25) is 0 Å². The lowest BCUT2D eigenvalue weighted by atomic mass is 10.1. The molecule has 0 fully saturated rings. The van der Waals surface area contributed by atoms with E-state index in [1.54, 1.807) is 11.8 Å². The summed E-state index contributed by atoms with van der Waals surface area (Å²) < 4.78 is 8.03. The Morgan fingerprint density at radius 2 is 1.79 bits per heavy atom. The third-order valence-corrected chi connectivity index (χ3v) is 6.34. The van der Waals surface area contributed by atoms with Crippen molar-refractivity contribution in [3.63, 3.8) is 0 Å². The van der Waals surface area contributed by atoms with Crippen LogP contribution < -0.4 is 4.74 Å². The zero-order chi connectivity index (χ0) is 20.4. The predicted molar refractivity (Wildman–Crippen MR) is 122 cm³/mol. The molecule has 0 aliphatic heterocycles. The van der Waals surface area contributed by atoms with Crippen LogP contribution in [0.1, 0.15) is 31.4 Å². The molecule has 3 aromatic carbocycles. The van der Waals surface area contributed by atoms with E-state index in [2.05, 4.69) is 66.9 Å². The predicted octanol–water partition coefficient (Wildman–Crippen LogP) is 6.58. The fourth-order valence-corrected chi connectivity index (χ4v) is 4.89. The minimum atomic E-state index is -0.284. The summed E-state index contributed by atoms with van der Waals surface area (Å²) in [6.45, 7) is 6.51. The number of nitrogens with zero attached hydrogens (tertiary/aromatic N) is 1. The molecule has 0 saturated carbocycles. The zero-order valence-electron chi connectivity index (χ0n) is 17.1. The Balaban J connectivity index is 2.06. The summed E-state index contributed by atoms with van der Waals surface area (Å²) in [4.78, 5) is 12.8. The summed E-state index contributed by atoms with van der Waals surface area (Å²) in [6.07, 6.45) is 1.05. The number of thioether (sulfide) groups is 1. The number of rotatable bonds is 6. The number of hydrogen-bond acceptors (Lipinski definition) is 3. The molecule has 0 spiro atoms. The monoisotopic (exact) mass is 403 g/mol. The third-order valence-electron chi connectivity index (χ3n) is 5.04. The molecule has 0 radical (unpaired) electrons. The van der Waals surface area contributed by atoms with Gasteiger partial charge < -0.3 is 9.30 Å². The molecular formula is C25H25NO2S. The number of fused-ring (bicyclic) bond motifs is 3. The highest BCUT2D eigenvalue weighted by Gasteiger charge is 2.21. The SMILES string of the molecule is CCCSc1c(OC(C)=O)cc(C)c2c3ccccc3n(Cc3ccccc3)c12. The number of carbonyl (C=O) groups excluding carboxylic acids is 1. The maximum atomic E-state index is 11.8. The number of ether oxygens (including phenoxy) is 1. The Morgan fingerprint density at radius 1 is 1.07 bits per heavy atom. The lowest BCUT2D eigenvalue weighted by Gasteiger charge is -2.15. The normalized spacial score (nSPS) is 11.3. The van der Waals surface area contributed by atoms with Crippen molar-refractivity contribution in [3.8, 4) is 5.75 Å². The molecule has 1 aromatic heterocycles. The van der Waals surface area contributed by atoms with E-state index in [9.17, 15) is 4.79 Å². The van der Waals surface area contributed by atoms with E-state index in [0.717, 1.165) is 34.7 Å². The first kappa shape index (κ1) is 19.6. The van der Waals surface area contributed by atoms with Gasteiger partial charge >= 0.3 is 5.97 Å².